The molecule has 16 heavy (non-hydrogen) atoms. The van der Waals surface area contributed by atoms with Gasteiger partial charge in [0, 0.05) is 6.04 Å². The molecule has 0 N–H and O–H groups in total. The van der Waals surface area contributed by atoms with Crippen LogP contribution in [-0.2, 0) is 0 Å². The first-order chi connectivity index (χ1) is 7.67. The molecule has 4 heteroatoms. The maximum atomic E-state index is 13.4. The van der Waals surface area contributed by atoms with Gasteiger partial charge in [-0.05, 0) is 31.3 Å². The van der Waals surface area contributed by atoms with Crippen LogP contribution in [0.15, 0.2) is 24.3 Å². The molecule has 0 radical (unpaired) electrons. The van der Waals surface area contributed by atoms with E-state index in [9.17, 15) is 8.78 Å². The van der Waals surface area contributed by atoms with E-state index in [1.807, 2.05) is 0 Å². The van der Waals surface area contributed by atoms with E-state index in [-0.39, 0.29) is 18.6 Å². The maximum Gasteiger partial charge on any atom is 0.155 e. The Balaban J connectivity index is 2.11. The summed E-state index contributed by atoms with van der Waals surface area (Å²) in [6, 6.07) is 2.20. The van der Waals surface area contributed by atoms with Crippen LogP contribution >= 0.6 is 0 Å². The first kappa shape index (κ1) is 11.3. The molecule has 0 amide bonds. The predicted molar refractivity (Wildman–Crippen MR) is 56.7 cm³/mol. The van der Waals surface area contributed by atoms with Crippen LogP contribution in [0.2, 0.25) is 0 Å². The van der Waals surface area contributed by atoms with Gasteiger partial charge in [-0.1, -0.05) is 6.58 Å². The topological polar surface area (TPSA) is 27.0 Å². The molecule has 1 aliphatic carbocycles. The third-order valence-electron chi connectivity index (χ3n) is 3.61. The van der Waals surface area contributed by atoms with Crippen molar-refractivity contribution in [2.24, 2.45) is 5.92 Å². The minimum Gasteiger partial charge on any atom is -0.278 e. The van der Waals surface area contributed by atoms with Crippen molar-refractivity contribution in [2.75, 3.05) is 6.54 Å². The fraction of sp³-hybridized carbons (Fsp3) is 0.583. The van der Waals surface area contributed by atoms with Crippen molar-refractivity contribution >= 4 is 0 Å². The van der Waals surface area contributed by atoms with Crippen LogP contribution in [0.5, 0.6) is 0 Å². The van der Waals surface area contributed by atoms with Crippen LogP contribution in [0.3, 0.4) is 0 Å². The number of halogens is 2. The molecular formula is C12H14F2N2. The molecule has 2 nitrogen and oxygen atoms in total. The Labute approximate surface area is 93.8 Å². The largest absolute Gasteiger partial charge is 0.278 e. The second-order valence-corrected chi connectivity index (χ2v) is 4.43. The van der Waals surface area contributed by atoms with Crippen molar-refractivity contribution in [1.29, 1.82) is 5.26 Å². The average molecular weight is 224 g/mol. The minimum atomic E-state index is -0.917. The predicted octanol–water partition coefficient (Wildman–Crippen LogP) is 2.70. The van der Waals surface area contributed by atoms with Crippen molar-refractivity contribution in [3.63, 3.8) is 0 Å². The maximum absolute atomic E-state index is 13.4. The van der Waals surface area contributed by atoms with Gasteiger partial charge in [-0.25, -0.2) is 8.78 Å². The summed E-state index contributed by atoms with van der Waals surface area (Å²) in [5, 5.41) is 9.02. The van der Waals surface area contributed by atoms with Crippen molar-refractivity contribution in [3.05, 3.63) is 24.3 Å². The van der Waals surface area contributed by atoms with Gasteiger partial charge in [-0.15, -0.1) is 0 Å². The molecular weight excluding hydrogens is 210 g/mol. The standard InChI is InChI=1S/C12H14F2N2/c1-2-10(13)11(14)7-16-9-4-3-8(5-9)12(16)6-15/h2,8-9,12H,1,3-5,7H2/b11-10-/t8?,9?,12-/m1/s1. The second-order valence-electron chi connectivity index (χ2n) is 4.43. The number of likely N-dealkylation sites (tertiary alicyclic amines) is 1. The summed E-state index contributed by atoms with van der Waals surface area (Å²) in [5.74, 6) is -1.39. The lowest BCUT2D eigenvalue weighted by Crippen LogP contribution is -2.40. The van der Waals surface area contributed by atoms with Gasteiger partial charge in [-0.2, -0.15) is 5.26 Å². The Morgan fingerprint density at radius 3 is 2.88 bits per heavy atom. The van der Waals surface area contributed by atoms with Gasteiger partial charge in [0.05, 0.1) is 12.6 Å². The van der Waals surface area contributed by atoms with E-state index in [4.69, 9.17) is 5.26 Å². The number of hydrogen-bond acceptors (Lipinski definition) is 2. The SMILES string of the molecule is C=C/C(F)=C(/F)CN1C2CCC(C2)[C@H]1C#N. The number of nitriles is 1. The molecule has 1 saturated heterocycles. The van der Waals surface area contributed by atoms with E-state index in [2.05, 4.69) is 12.6 Å². The number of fused-ring (bicyclic) bond motifs is 2. The zero-order valence-electron chi connectivity index (χ0n) is 9.00. The van der Waals surface area contributed by atoms with E-state index < -0.39 is 11.7 Å². The summed E-state index contributed by atoms with van der Waals surface area (Å²) in [6.45, 7) is 3.09. The Hall–Kier alpha value is -1.21. The monoisotopic (exact) mass is 224 g/mol. The smallest absolute Gasteiger partial charge is 0.155 e. The molecule has 0 aromatic carbocycles. The van der Waals surface area contributed by atoms with Crippen LogP contribution in [0.25, 0.3) is 0 Å². The van der Waals surface area contributed by atoms with Crippen LogP contribution in [0.1, 0.15) is 19.3 Å². The first-order valence-corrected chi connectivity index (χ1v) is 5.49. The zero-order chi connectivity index (χ0) is 11.7. The lowest BCUT2D eigenvalue weighted by atomic mass is 10.00. The first-order valence-electron chi connectivity index (χ1n) is 5.49. The fourth-order valence-corrected chi connectivity index (χ4v) is 2.83. The average Bonchev–Trinajstić information content (AvgIpc) is 2.88. The summed E-state index contributed by atoms with van der Waals surface area (Å²) < 4.78 is 26.3. The number of piperidine rings is 1. The molecule has 1 saturated carbocycles. The van der Waals surface area contributed by atoms with E-state index in [0.717, 1.165) is 25.3 Å². The molecule has 1 heterocycles. The van der Waals surface area contributed by atoms with E-state index in [1.54, 1.807) is 4.90 Å². The Kier molecular flexibility index (Phi) is 3.06. The highest BCUT2D eigenvalue weighted by atomic mass is 19.2. The summed E-state index contributed by atoms with van der Waals surface area (Å²) in [5.41, 5.74) is 0. The van der Waals surface area contributed by atoms with Crippen molar-refractivity contribution < 1.29 is 8.78 Å². The molecule has 86 valence electrons. The number of hydrogen-bond donors (Lipinski definition) is 0. The molecule has 0 aromatic rings. The highest BCUT2D eigenvalue weighted by Crippen LogP contribution is 2.42. The molecule has 3 atom stereocenters. The van der Waals surface area contributed by atoms with Gasteiger partial charge >= 0.3 is 0 Å². The molecule has 0 spiro atoms. The molecule has 2 unspecified atom stereocenters. The summed E-state index contributed by atoms with van der Waals surface area (Å²) in [6.07, 6.45) is 3.84. The van der Waals surface area contributed by atoms with Gasteiger partial charge in [0.2, 0.25) is 0 Å². The van der Waals surface area contributed by atoms with Crippen molar-refractivity contribution in [3.8, 4) is 6.07 Å². The molecule has 2 bridgehead atoms. The highest BCUT2D eigenvalue weighted by Gasteiger charge is 2.46. The minimum absolute atomic E-state index is 0.1000. The lowest BCUT2D eigenvalue weighted by Gasteiger charge is -2.30. The Bertz CT molecular complexity index is 370. The Morgan fingerprint density at radius 1 is 1.50 bits per heavy atom. The quantitative estimate of drug-likeness (QED) is 0.689. The number of rotatable bonds is 3. The normalized spacial score (nSPS) is 34.7. The molecule has 0 aromatic heterocycles. The number of nitrogens with zero attached hydrogens (tertiary/aromatic N) is 2. The molecule has 2 aliphatic rings. The van der Waals surface area contributed by atoms with Crippen molar-refractivity contribution in [2.45, 2.75) is 31.3 Å². The van der Waals surface area contributed by atoms with Crippen LogP contribution in [0.4, 0.5) is 8.78 Å². The van der Waals surface area contributed by atoms with Crippen molar-refractivity contribution in [1.82, 2.24) is 4.90 Å². The Morgan fingerprint density at radius 2 is 2.25 bits per heavy atom. The van der Waals surface area contributed by atoms with E-state index in [0.29, 0.717) is 5.92 Å². The van der Waals surface area contributed by atoms with Gasteiger partial charge in [0.15, 0.2) is 5.83 Å². The summed E-state index contributed by atoms with van der Waals surface area (Å²) in [7, 11) is 0. The lowest BCUT2D eigenvalue weighted by molar-refractivity contribution is 0.176. The van der Waals surface area contributed by atoms with Crippen LogP contribution in [-0.4, -0.2) is 23.5 Å². The molecule has 2 fully saturated rings. The summed E-state index contributed by atoms with van der Waals surface area (Å²) >= 11 is 0. The third kappa shape index (κ3) is 1.76. The van der Waals surface area contributed by atoms with Gasteiger partial charge in [0.25, 0.3) is 0 Å². The van der Waals surface area contributed by atoms with Gasteiger partial charge < -0.3 is 0 Å². The summed E-state index contributed by atoms with van der Waals surface area (Å²) in [4.78, 5) is 1.78. The number of allylic oxidation sites excluding steroid dienone is 2. The highest BCUT2D eigenvalue weighted by molar-refractivity contribution is 5.17. The van der Waals surface area contributed by atoms with Gasteiger partial charge in [-0.3, -0.25) is 4.90 Å². The molecule has 2 rings (SSSR count). The fourth-order valence-electron chi connectivity index (χ4n) is 2.83. The molecule has 1 aliphatic heterocycles. The van der Waals surface area contributed by atoms with E-state index >= 15 is 0 Å². The van der Waals surface area contributed by atoms with Crippen LogP contribution in [0, 0.1) is 17.2 Å². The third-order valence-corrected chi connectivity index (χ3v) is 3.61. The zero-order valence-corrected chi connectivity index (χ0v) is 9.00. The van der Waals surface area contributed by atoms with Gasteiger partial charge in [0.1, 0.15) is 11.9 Å². The van der Waals surface area contributed by atoms with E-state index in [1.165, 1.54) is 0 Å². The van der Waals surface area contributed by atoms with Crippen LogP contribution < -0.4 is 0 Å². The second kappa shape index (κ2) is 4.34.